The van der Waals surface area contributed by atoms with Gasteiger partial charge in [0.05, 0.1) is 29.0 Å². The van der Waals surface area contributed by atoms with Gasteiger partial charge in [0.1, 0.15) is 17.7 Å². The van der Waals surface area contributed by atoms with E-state index in [1.807, 2.05) is 55.5 Å². The van der Waals surface area contributed by atoms with Crippen molar-refractivity contribution in [1.82, 2.24) is 35.0 Å². The molecule has 12 heteroatoms. The smallest absolute Gasteiger partial charge is 0.274 e. The number of carbonyl (C=O) groups excluding carboxylic acids is 1. The number of aromatic nitrogens is 6. The first kappa shape index (κ1) is 26.6. The SMILES string of the molecule is CC[C@H](Nc1ncnc2nc[nH]c12)c1nc2cccc(NCc3ccc(C(=O)NO)cc3)c2c(=O)n1-c1ccccc1. The van der Waals surface area contributed by atoms with Crippen molar-refractivity contribution < 1.29 is 10.0 Å². The molecule has 0 aliphatic rings. The van der Waals surface area contributed by atoms with Gasteiger partial charge in [0.15, 0.2) is 11.5 Å². The summed E-state index contributed by atoms with van der Waals surface area (Å²) in [6.07, 6.45) is 3.63. The van der Waals surface area contributed by atoms with E-state index >= 15 is 0 Å². The Morgan fingerprint density at radius 1 is 1.00 bits per heavy atom. The Morgan fingerprint density at radius 3 is 2.57 bits per heavy atom. The predicted octanol–water partition coefficient (Wildman–Crippen LogP) is 4.35. The van der Waals surface area contributed by atoms with Gasteiger partial charge in [0, 0.05) is 17.8 Å². The molecule has 0 spiro atoms. The molecule has 0 bridgehead atoms. The third-order valence-electron chi connectivity index (χ3n) is 6.99. The minimum Gasteiger partial charge on any atom is -0.380 e. The number of nitrogens with zero attached hydrogens (tertiary/aromatic N) is 5. The summed E-state index contributed by atoms with van der Waals surface area (Å²) in [6.45, 7) is 2.42. The maximum absolute atomic E-state index is 14.3. The van der Waals surface area contributed by atoms with E-state index < -0.39 is 5.91 Å². The largest absolute Gasteiger partial charge is 0.380 e. The number of carbonyl (C=O) groups is 1. The number of hydroxylamine groups is 1. The van der Waals surface area contributed by atoms with Crippen LogP contribution in [0, 0.1) is 0 Å². The van der Waals surface area contributed by atoms with E-state index in [1.165, 1.54) is 6.33 Å². The topological polar surface area (TPSA) is 163 Å². The van der Waals surface area contributed by atoms with Gasteiger partial charge >= 0.3 is 0 Å². The maximum Gasteiger partial charge on any atom is 0.274 e. The number of benzene rings is 3. The highest BCUT2D eigenvalue weighted by molar-refractivity contribution is 5.93. The van der Waals surface area contributed by atoms with Gasteiger partial charge in [-0.15, -0.1) is 0 Å². The first-order valence-electron chi connectivity index (χ1n) is 13.4. The molecule has 5 N–H and O–H groups in total. The lowest BCUT2D eigenvalue weighted by molar-refractivity contribution is 0.0706. The normalized spacial score (nSPS) is 11.9. The summed E-state index contributed by atoms with van der Waals surface area (Å²) in [6, 6.07) is 21.4. The zero-order valence-corrected chi connectivity index (χ0v) is 22.6. The van der Waals surface area contributed by atoms with E-state index in [0.717, 1.165) is 5.56 Å². The molecule has 0 saturated heterocycles. The Hall–Kier alpha value is -5.62. The van der Waals surface area contributed by atoms with Crippen LogP contribution in [-0.2, 0) is 6.54 Å². The summed E-state index contributed by atoms with van der Waals surface area (Å²) in [7, 11) is 0. The average molecular weight is 562 g/mol. The van der Waals surface area contributed by atoms with Crippen LogP contribution in [0.15, 0.2) is 90.2 Å². The molecule has 210 valence electrons. The first-order valence-corrected chi connectivity index (χ1v) is 13.4. The second kappa shape index (κ2) is 11.5. The van der Waals surface area contributed by atoms with Crippen LogP contribution in [0.4, 0.5) is 11.5 Å². The van der Waals surface area contributed by atoms with Crippen LogP contribution in [0.1, 0.15) is 41.1 Å². The van der Waals surface area contributed by atoms with Crippen LogP contribution in [0.25, 0.3) is 27.8 Å². The first-order chi connectivity index (χ1) is 20.6. The molecule has 0 saturated carbocycles. The van der Waals surface area contributed by atoms with E-state index in [0.29, 0.717) is 63.6 Å². The minimum atomic E-state index is -0.583. The molecule has 3 aromatic carbocycles. The summed E-state index contributed by atoms with van der Waals surface area (Å²) in [5.41, 5.74) is 5.72. The Bertz CT molecular complexity index is 1940. The van der Waals surface area contributed by atoms with Crippen molar-refractivity contribution in [2.24, 2.45) is 0 Å². The van der Waals surface area contributed by atoms with E-state index in [4.69, 9.17) is 10.2 Å². The highest BCUT2D eigenvalue weighted by Gasteiger charge is 2.23. The van der Waals surface area contributed by atoms with Gasteiger partial charge in [0.2, 0.25) is 0 Å². The van der Waals surface area contributed by atoms with Gasteiger partial charge in [-0.05, 0) is 48.4 Å². The molecule has 0 aliphatic heterocycles. The van der Waals surface area contributed by atoms with Crippen molar-refractivity contribution in [2.75, 3.05) is 10.6 Å². The van der Waals surface area contributed by atoms with E-state index in [2.05, 4.69) is 30.6 Å². The fourth-order valence-corrected chi connectivity index (χ4v) is 4.88. The molecule has 6 aromatic rings. The zero-order valence-electron chi connectivity index (χ0n) is 22.6. The number of rotatable bonds is 9. The van der Waals surface area contributed by atoms with Crippen molar-refractivity contribution in [2.45, 2.75) is 25.9 Å². The number of imidazole rings is 1. The summed E-state index contributed by atoms with van der Waals surface area (Å²) < 4.78 is 1.64. The predicted molar refractivity (Wildman–Crippen MR) is 159 cm³/mol. The van der Waals surface area contributed by atoms with Gasteiger partial charge in [0.25, 0.3) is 11.5 Å². The summed E-state index contributed by atoms with van der Waals surface area (Å²) in [5.74, 6) is 0.527. The van der Waals surface area contributed by atoms with Gasteiger partial charge in [-0.3, -0.25) is 19.4 Å². The minimum absolute atomic E-state index is 0.214. The number of amides is 1. The third-order valence-corrected chi connectivity index (χ3v) is 6.99. The summed E-state index contributed by atoms with van der Waals surface area (Å²) in [4.78, 5) is 46.9. The molecule has 1 atom stereocenters. The van der Waals surface area contributed by atoms with Crippen molar-refractivity contribution >= 4 is 39.5 Å². The van der Waals surface area contributed by atoms with Gasteiger partial charge in [-0.2, -0.15) is 0 Å². The molecule has 0 aliphatic carbocycles. The highest BCUT2D eigenvalue weighted by Crippen LogP contribution is 2.28. The van der Waals surface area contributed by atoms with E-state index in [1.54, 1.807) is 40.6 Å². The highest BCUT2D eigenvalue weighted by atomic mass is 16.5. The van der Waals surface area contributed by atoms with Crippen LogP contribution in [0.5, 0.6) is 0 Å². The summed E-state index contributed by atoms with van der Waals surface area (Å²) in [5, 5.41) is 16.1. The Morgan fingerprint density at radius 2 is 1.81 bits per heavy atom. The standard InChI is InChI=1S/C30H27N9O3/c1-2-21(36-27-25-26(33-16-32-25)34-17-35-27)28-37-23-10-6-9-22(24(23)30(41)39(28)20-7-4-3-5-8-20)31-15-18-11-13-19(14-12-18)29(40)38-42/h3-14,16-17,21,31,42H,2,15H2,1H3,(H,38,40)(H2,32,33,34,35,36)/t21-/m0/s1. The molecule has 0 radical (unpaired) electrons. The molecule has 6 rings (SSSR count). The number of para-hydroxylation sites is 1. The molecule has 1 amide bonds. The van der Waals surface area contributed by atoms with Crippen molar-refractivity contribution in [3.05, 3.63) is 113 Å². The maximum atomic E-state index is 14.3. The number of hydrogen-bond acceptors (Lipinski definition) is 9. The monoisotopic (exact) mass is 561 g/mol. The lowest BCUT2D eigenvalue weighted by atomic mass is 10.1. The lowest BCUT2D eigenvalue weighted by Gasteiger charge is -2.23. The number of aromatic amines is 1. The second-order valence-electron chi connectivity index (χ2n) is 9.57. The third kappa shape index (κ3) is 5.02. The molecule has 3 aromatic heterocycles. The summed E-state index contributed by atoms with van der Waals surface area (Å²) >= 11 is 0. The fourth-order valence-electron chi connectivity index (χ4n) is 4.88. The molecule has 42 heavy (non-hydrogen) atoms. The molecular weight excluding hydrogens is 534 g/mol. The molecule has 3 heterocycles. The number of fused-ring (bicyclic) bond motifs is 2. The average Bonchev–Trinajstić information content (AvgIpc) is 3.52. The zero-order chi connectivity index (χ0) is 29.1. The number of hydrogen-bond donors (Lipinski definition) is 5. The van der Waals surface area contributed by atoms with Crippen molar-refractivity contribution in [1.29, 1.82) is 0 Å². The number of anilines is 2. The second-order valence-corrected chi connectivity index (χ2v) is 9.57. The number of H-pyrrole nitrogens is 1. The molecule has 12 nitrogen and oxygen atoms in total. The van der Waals surface area contributed by atoms with Crippen LogP contribution < -0.4 is 21.7 Å². The van der Waals surface area contributed by atoms with Crippen molar-refractivity contribution in [3.8, 4) is 5.69 Å². The quantitative estimate of drug-likeness (QED) is 0.128. The Kier molecular flexibility index (Phi) is 7.26. The molecular formula is C30H27N9O3. The Labute approximate surface area is 239 Å². The number of nitrogens with one attached hydrogen (secondary N) is 4. The lowest BCUT2D eigenvalue weighted by Crippen LogP contribution is -2.28. The van der Waals surface area contributed by atoms with E-state index in [9.17, 15) is 9.59 Å². The van der Waals surface area contributed by atoms with Gasteiger partial charge in [-0.1, -0.05) is 43.3 Å². The Balaban J connectivity index is 1.42. The van der Waals surface area contributed by atoms with Crippen LogP contribution in [-0.4, -0.2) is 40.6 Å². The van der Waals surface area contributed by atoms with Crippen LogP contribution in [0.2, 0.25) is 0 Å². The van der Waals surface area contributed by atoms with E-state index in [-0.39, 0.29) is 11.6 Å². The van der Waals surface area contributed by atoms with Gasteiger partial charge < -0.3 is 15.6 Å². The van der Waals surface area contributed by atoms with Gasteiger partial charge in [-0.25, -0.2) is 25.4 Å². The fraction of sp³-hybridized carbons (Fsp3) is 0.133. The molecule has 0 unspecified atom stereocenters. The van der Waals surface area contributed by atoms with Crippen LogP contribution in [0.3, 0.4) is 0 Å². The van der Waals surface area contributed by atoms with Crippen LogP contribution >= 0.6 is 0 Å². The molecule has 0 fully saturated rings. The van der Waals surface area contributed by atoms with Crippen molar-refractivity contribution in [3.63, 3.8) is 0 Å².